The first-order valence-corrected chi connectivity index (χ1v) is 5.53. The highest BCUT2D eigenvalue weighted by Crippen LogP contribution is 2.28. The molecule has 6 heteroatoms. The van der Waals surface area contributed by atoms with Gasteiger partial charge in [-0.25, -0.2) is 0 Å². The second-order valence-electron chi connectivity index (χ2n) is 4.05. The Hall–Kier alpha value is -1.98. The zero-order chi connectivity index (χ0) is 12.3. The van der Waals surface area contributed by atoms with Crippen LogP contribution < -0.4 is 5.73 Å². The van der Waals surface area contributed by atoms with Crippen molar-refractivity contribution < 1.29 is 14.4 Å². The first-order chi connectivity index (χ1) is 8.22. The molecule has 0 spiro atoms. The molecule has 0 atom stereocenters. The van der Waals surface area contributed by atoms with E-state index in [1.165, 1.54) is 6.26 Å². The van der Waals surface area contributed by atoms with Gasteiger partial charge in [0, 0.05) is 19.0 Å². The van der Waals surface area contributed by atoms with Crippen molar-refractivity contribution in [2.75, 3.05) is 6.54 Å². The standard InChI is InChI=1S/C11H15N3O3/c12-10(13-16)5-6-14(8-3-4-8)11(15)9-2-1-7-17-9/h1-2,7-8,16H,3-6H2,(H2,12,13). The van der Waals surface area contributed by atoms with Crippen molar-refractivity contribution in [1.29, 1.82) is 0 Å². The molecule has 1 heterocycles. The summed E-state index contributed by atoms with van der Waals surface area (Å²) >= 11 is 0. The molecule has 0 radical (unpaired) electrons. The zero-order valence-corrected chi connectivity index (χ0v) is 9.37. The summed E-state index contributed by atoms with van der Waals surface area (Å²) in [7, 11) is 0. The van der Waals surface area contributed by atoms with Crippen molar-refractivity contribution >= 4 is 11.7 Å². The lowest BCUT2D eigenvalue weighted by Crippen LogP contribution is -2.35. The van der Waals surface area contributed by atoms with Gasteiger partial charge in [0.1, 0.15) is 5.84 Å². The molecule has 0 unspecified atom stereocenters. The normalized spacial score (nSPS) is 15.9. The van der Waals surface area contributed by atoms with Crippen molar-refractivity contribution in [3.05, 3.63) is 24.2 Å². The van der Waals surface area contributed by atoms with E-state index in [1.807, 2.05) is 0 Å². The molecular formula is C11H15N3O3. The van der Waals surface area contributed by atoms with Crippen LogP contribution >= 0.6 is 0 Å². The molecule has 1 fully saturated rings. The summed E-state index contributed by atoms with van der Waals surface area (Å²) in [5, 5.41) is 11.4. The Kier molecular flexibility index (Phi) is 3.32. The van der Waals surface area contributed by atoms with Crippen LogP contribution in [0.2, 0.25) is 0 Å². The van der Waals surface area contributed by atoms with Crippen molar-refractivity contribution in [3.63, 3.8) is 0 Å². The number of hydrogen-bond donors (Lipinski definition) is 2. The molecule has 1 aromatic heterocycles. The van der Waals surface area contributed by atoms with Crippen LogP contribution in [0.4, 0.5) is 0 Å². The van der Waals surface area contributed by atoms with E-state index in [-0.39, 0.29) is 17.8 Å². The summed E-state index contributed by atoms with van der Waals surface area (Å²) in [6.07, 6.45) is 3.84. The van der Waals surface area contributed by atoms with Gasteiger partial charge in [0.15, 0.2) is 5.76 Å². The summed E-state index contributed by atoms with van der Waals surface area (Å²) in [5.41, 5.74) is 5.40. The van der Waals surface area contributed by atoms with Crippen molar-refractivity contribution in [3.8, 4) is 0 Å². The van der Waals surface area contributed by atoms with Crippen LogP contribution in [-0.2, 0) is 0 Å². The molecule has 1 aliphatic rings. The summed E-state index contributed by atoms with van der Waals surface area (Å²) in [4.78, 5) is 13.8. The number of hydrogen-bond acceptors (Lipinski definition) is 4. The Morgan fingerprint density at radius 2 is 2.41 bits per heavy atom. The molecule has 92 valence electrons. The van der Waals surface area contributed by atoms with Crippen molar-refractivity contribution in [2.45, 2.75) is 25.3 Å². The monoisotopic (exact) mass is 237 g/mol. The Balaban J connectivity index is 2.00. The quantitative estimate of drug-likeness (QED) is 0.346. The molecular weight excluding hydrogens is 222 g/mol. The van der Waals surface area contributed by atoms with Crippen molar-refractivity contribution in [2.24, 2.45) is 10.9 Å². The maximum atomic E-state index is 12.1. The number of oxime groups is 1. The van der Waals surface area contributed by atoms with E-state index in [0.29, 0.717) is 18.7 Å². The molecule has 3 N–H and O–H groups in total. The number of rotatable bonds is 5. The molecule has 2 rings (SSSR count). The average Bonchev–Trinajstić information content (AvgIpc) is 3.02. The molecule has 1 aliphatic carbocycles. The Bertz CT molecular complexity index is 410. The highest BCUT2D eigenvalue weighted by atomic mass is 16.4. The lowest BCUT2D eigenvalue weighted by Gasteiger charge is -2.20. The summed E-state index contributed by atoms with van der Waals surface area (Å²) in [6.45, 7) is 0.445. The Labute approximate surface area is 98.7 Å². The maximum Gasteiger partial charge on any atom is 0.289 e. The van der Waals surface area contributed by atoms with Crippen molar-refractivity contribution in [1.82, 2.24) is 4.90 Å². The van der Waals surface area contributed by atoms with Crippen LogP contribution in [0.1, 0.15) is 29.8 Å². The van der Waals surface area contributed by atoms with E-state index in [4.69, 9.17) is 15.4 Å². The minimum Gasteiger partial charge on any atom is -0.459 e. The van der Waals surface area contributed by atoms with Gasteiger partial charge in [-0.2, -0.15) is 0 Å². The van der Waals surface area contributed by atoms with Crippen LogP contribution in [0.3, 0.4) is 0 Å². The molecule has 0 aliphatic heterocycles. The average molecular weight is 237 g/mol. The van der Waals surface area contributed by atoms with Gasteiger partial charge >= 0.3 is 0 Å². The fourth-order valence-corrected chi connectivity index (χ4v) is 1.66. The largest absolute Gasteiger partial charge is 0.459 e. The third kappa shape index (κ3) is 2.77. The minimum atomic E-state index is -0.136. The van der Waals surface area contributed by atoms with Gasteiger partial charge in [0.25, 0.3) is 5.91 Å². The smallest absolute Gasteiger partial charge is 0.289 e. The zero-order valence-electron chi connectivity index (χ0n) is 9.37. The van der Waals surface area contributed by atoms with Crippen LogP contribution in [-0.4, -0.2) is 34.4 Å². The van der Waals surface area contributed by atoms with E-state index in [2.05, 4.69) is 5.16 Å². The molecule has 0 bridgehead atoms. The van der Waals surface area contributed by atoms with E-state index >= 15 is 0 Å². The van der Waals surface area contributed by atoms with E-state index in [1.54, 1.807) is 17.0 Å². The summed E-state index contributed by atoms with van der Waals surface area (Å²) in [6, 6.07) is 3.59. The highest BCUT2D eigenvalue weighted by Gasteiger charge is 2.33. The minimum absolute atomic E-state index is 0.128. The van der Waals surface area contributed by atoms with E-state index in [0.717, 1.165) is 12.8 Å². The first-order valence-electron chi connectivity index (χ1n) is 5.53. The number of amides is 1. The number of amidine groups is 1. The number of nitrogens with two attached hydrogens (primary N) is 1. The van der Waals surface area contributed by atoms with Crippen LogP contribution in [0.5, 0.6) is 0 Å². The molecule has 0 aromatic carbocycles. The number of furan rings is 1. The predicted octanol–water partition coefficient (Wildman–Crippen LogP) is 1.02. The summed E-state index contributed by atoms with van der Waals surface area (Å²) < 4.78 is 5.09. The number of carbonyl (C=O) groups is 1. The molecule has 6 nitrogen and oxygen atoms in total. The second-order valence-corrected chi connectivity index (χ2v) is 4.05. The SMILES string of the molecule is NC(CCN(C(=O)c1ccco1)C1CC1)=NO. The van der Waals surface area contributed by atoms with Gasteiger partial charge in [-0.3, -0.25) is 4.79 Å². The van der Waals surface area contributed by atoms with Gasteiger partial charge in [-0.15, -0.1) is 0 Å². The van der Waals surface area contributed by atoms with Crippen LogP contribution in [0.15, 0.2) is 28.0 Å². The molecule has 17 heavy (non-hydrogen) atoms. The third-order valence-electron chi connectivity index (χ3n) is 2.72. The number of carbonyl (C=O) groups excluding carboxylic acids is 1. The van der Waals surface area contributed by atoms with Gasteiger partial charge in [-0.1, -0.05) is 5.16 Å². The van der Waals surface area contributed by atoms with Crippen LogP contribution in [0, 0.1) is 0 Å². The molecule has 1 amide bonds. The fourth-order valence-electron chi connectivity index (χ4n) is 1.66. The first kappa shape index (κ1) is 11.5. The van der Waals surface area contributed by atoms with Gasteiger partial charge in [0.2, 0.25) is 0 Å². The molecule has 0 saturated heterocycles. The van der Waals surface area contributed by atoms with Gasteiger partial charge in [-0.05, 0) is 25.0 Å². The van der Waals surface area contributed by atoms with E-state index < -0.39 is 0 Å². The Morgan fingerprint density at radius 3 is 2.94 bits per heavy atom. The fraction of sp³-hybridized carbons (Fsp3) is 0.455. The second kappa shape index (κ2) is 4.90. The third-order valence-corrected chi connectivity index (χ3v) is 2.72. The summed E-state index contributed by atoms with van der Waals surface area (Å²) in [5.74, 6) is 0.322. The number of nitrogens with zero attached hydrogens (tertiary/aromatic N) is 2. The lowest BCUT2D eigenvalue weighted by atomic mass is 10.3. The maximum absolute atomic E-state index is 12.1. The topological polar surface area (TPSA) is 92.1 Å². The lowest BCUT2D eigenvalue weighted by molar-refractivity contribution is 0.0715. The highest BCUT2D eigenvalue weighted by molar-refractivity contribution is 5.92. The Morgan fingerprint density at radius 1 is 1.65 bits per heavy atom. The van der Waals surface area contributed by atoms with Crippen LogP contribution in [0.25, 0.3) is 0 Å². The van der Waals surface area contributed by atoms with E-state index in [9.17, 15) is 4.79 Å². The van der Waals surface area contributed by atoms with Gasteiger partial charge < -0.3 is 20.3 Å². The van der Waals surface area contributed by atoms with Gasteiger partial charge in [0.05, 0.1) is 6.26 Å². The predicted molar refractivity (Wildman–Crippen MR) is 60.8 cm³/mol. The molecule has 1 aromatic rings. The molecule has 1 saturated carbocycles.